The van der Waals surface area contributed by atoms with Gasteiger partial charge in [-0.1, -0.05) is 6.07 Å². The maximum absolute atomic E-state index is 13.5. The van der Waals surface area contributed by atoms with Crippen LogP contribution in [0, 0.1) is 17.2 Å². The predicted molar refractivity (Wildman–Crippen MR) is 89.7 cm³/mol. The molecule has 2 saturated heterocycles. The largest absolute Gasteiger partial charge is 0.381 e. The van der Waals surface area contributed by atoms with E-state index in [9.17, 15) is 12.8 Å². The molecule has 5 nitrogen and oxygen atoms in total. The highest BCUT2D eigenvalue weighted by Gasteiger charge is 2.50. The van der Waals surface area contributed by atoms with Crippen LogP contribution in [0.15, 0.2) is 29.2 Å². The lowest BCUT2D eigenvalue weighted by Gasteiger charge is -2.39. The fraction of sp³-hybridized carbons (Fsp3) is 0.647. The first-order chi connectivity index (χ1) is 11.3. The smallest absolute Gasteiger partial charge is 0.243 e. The average molecular weight is 356 g/mol. The number of nitrogens with zero attached hydrogens (tertiary/aromatic N) is 2. The molecule has 3 rings (SSSR count). The van der Waals surface area contributed by atoms with Crippen molar-refractivity contribution in [1.29, 1.82) is 0 Å². The lowest BCUT2D eigenvalue weighted by molar-refractivity contribution is -0.00333. The molecule has 2 fully saturated rings. The van der Waals surface area contributed by atoms with Crippen molar-refractivity contribution < 1.29 is 17.5 Å². The van der Waals surface area contributed by atoms with Crippen LogP contribution in [0.3, 0.4) is 0 Å². The van der Waals surface area contributed by atoms with Gasteiger partial charge in [-0.2, -0.15) is 4.31 Å². The van der Waals surface area contributed by atoms with Crippen LogP contribution < -0.4 is 0 Å². The Bertz CT molecular complexity index is 687. The van der Waals surface area contributed by atoms with Gasteiger partial charge in [0.2, 0.25) is 10.0 Å². The zero-order chi connectivity index (χ0) is 17.4. The van der Waals surface area contributed by atoms with Crippen molar-refractivity contribution >= 4 is 10.0 Å². The molecule has 1 aromatic rings. The molecule has 2 aliphatic heterocycles. The van der Waals surface area contributed by atoms with Gasteiger partial charge in [-0.25, -0.2) is 12.8 Å². The van der Waals surface area contributed by atoms with Crippen molar-refractivity contribution in [3.8, 4) is 0 Å². The molecule has 0 radical (unpaired) electrons. The summed E-state index contributed by atoms with van der Waals surface area (Å²) in [4.78, 5) is 2.15. The second-order valence-electron chi connectivity index (χ2n) is 7.19. The summed E-state index contributed by atoms with van der Waals surface area (Å²) in [5.41, 5.74) is -0.0388. The summed E-state index contributed by atoms with van der Waals surface area (Å²) in [5, 5.41) is 0. The molecule has 1 aromatic carbocycles. The number of halogens is 1. The number of hydrogen-bond donors (Lipinski definition) is 0. The van der Waals surface area contributed by atoms with Gasteiger partial charge in [0.1, 0.15) is 5.82 Å². The van der Waals surface area contributed by atoms with Gasteiger partial charge in [-0.05, 0) is 56.5 Å². The van der Waals surface area contributed by atoms with E-state index in [1.807, 2.05) is 14.1 Å². The first-order valence-corrected chi connectivity index (χ1v) is 9.76. The molecule has 1 atom stereocenters. The number of hydrogen-bond acceptors (Lipinski definition) is 4. The van der Waals surface area contributed by atoms with Crippen LogP contribution in [-0.2, 0) is 14.8 Å². The Morgan fingerprint density at radius 2 is 2.04 bits per heavy atom. The number of ether oxygens (including phenoxy) is 1. The van der Waals surface area contributed by atoms with E-state index in [1.165, 1.54) is 18.2 Å². The van der Waals surface area contributed by atoms with Crippen molar-refractivity contribution in [3.05, 3.63) is 30.1 Å². The molecule has 24 heavy (non-hydrogen) atoms. The van der Waals surface area contributed by atoms with Crippen LogP contribution in [0.25, 0.3) is 0 Å². The maximum atomic E-state index is 13.5. The van der Waals surface area contributed by atoms with Crippen LogP contribution in [-0.4, -0.2) is 64.6 Å². The quantitative estimate of drug-likeness (QED) is 0.826. The van der Waals surface area contributed by atoms with Crippen molar-refractivity contribution in [1.82, 2.24) is 9.21 Å². The Hall–Kier alpha value is -1.02. The standard InChI is InChI=1S/C17H25FN2O3S/c1-19(2)11-14-12-20(13-17(14)6-8-23-9-7-17)24(21,22)16-5-3-4-15(18)10-16/h3-5,10,14H,6-9,11-13H2,1-2H3. The van der Waals surface area contributed by atoms with E-state index in [0.29, 0.717) is 26.3 Å². The number of benzene rings is 1. The highest BCUT2D eigenvalue weighted by Crippen LogP contribution is 2.46. The molecule has 7 heteroatoms. The van der Waals surface area contributed by atoms with E-state index in [4.69, 9.17) is 4.74 Å². The van der Waals surface area contributed by atoms with Crippen LogP contribution >= 0.6 is 0 Å². The van der Waals surface area contributed by atoms with Crippen LogP contribution in [0.2, 0.25) is 0 Å². The molecular formula is C17H25FN2O3S. The summed E-state index contributed by atoms with van der Waals surface area (Å²) >= 11 is 0. The number of sulfonamides is 1. The second kappa shape index (κ2) is 6.71. The van der Waals surface area contributed by atoms with E-state index in [0.717, 1.165) is 25.5 Å². The molecular weight excluding hydrogens is 331 g/mol. The van der Waals surface area contributed by atoms with Gasteiger partial charge in [-0.3, -0.25) is 0 Å². The normalized spacial score (nSPS) is 24.8. The molecule has 0 bridgehead atoms. The highest BCUT2D eigenvalue weighted by atomic mass is 32.2. The zero-order valence-corrected chi connectivity index (χ0v) is 15.1. The predicted octanol–water partition coefficient (Wildman–Crippen LogP) is 1.80. The van der Waals surface area contributed by atoms with Crippen molar-refractivity contribution in [3.63, 3.8) is 0 Å². The SMILES string of the molecule is CN(C)CC1CN(S(=O)(=O)c2cccc(F)c2)CC12CCOCC2. The fourth-order valence-electron chi connectivity index (χ4n) is 3.98. The zero-order valence-electron chi connectivity index (χ0n) is 14.2. The highest BCUT2D eigenvalue weighted by molar-refractivity contribution is 7.89. The first-order valence-electron chi connectivity index (χ1n) is 8.32. The van der Waals surface area contributed by atoms with E-state index >= 15 is 0 Å². The molecule has 134 valence electrons. The third-order valence-corrected chi connectivity index (χ3v) is 7.10. The van der Waals surface area contributed by atoms with Gasteiger partial charge in [0, 0.05) is 32.8 Å². The lowest BCUT2D eigenvalue weighted by Crippen LogP contribution is -2.40. The lowest BCUT2D eigenvalue weighted by atomic mass is 9.72. The van der Waals surface area contributed by atoms with E-state index in [1.54, 1.807) is 4.31 Å². The fourth-order valence-corrected chi connectivity index (χ4v) is 5.59. The van der Waals surface area contributed by atoms with E-state index in [2.05, 4.69) is 4.90 Å². The van der Waals surface area contributed by atoms with Crippen molar-refractivity contribution in [2.75, 3.05) is 46.9 Å². The minimum absolute atomic E-state index is 0.0372. The minimum atomic E-state index is -3.67. The third-order valence-electron chi connectivity index (χ3n) is 5.29. The summed E-state index contributed by atoms with van der Waals surface area (Å²) < 4.78 is 46.4. The van der Waals surface area contributed by atoms with E-state index in [-0.39, 0.29) is 16.2 Å². The number of rotatable bonds is 4. The van der Waals surface area contributed by atoms with Crippen molar-refractivity contribution in [2.24, 2.45) is 11.3 Å². The molecule has 0 amide bonds. The molecule has 0 aliphatic carbocycles. The Kier molecular flexibility index (Phi) is 4.97. The Morgan fingerprint density at radius 3 is 2.67 bits per heavy atom. The maximum Gasteiger partial charge on any atom is 0.243 e. The second-order valence-corrected chi connectivity index (χ2v) is 9.13. The first kappa shape index (κ1) is 17.8. The molecule has 0 N–H and O–H groups in total. The summed E-state index contributed by atoms with van der Waals surface area (Å²) in [7, 11) is 0.350. The van der Waals surface area contributed by atoms with Gasteiger partial charge in [0.05, 0.1) is 4.90 Å². The minimum Gasteiger partial charge on any atom is -0.381 e. The topological polar surface area (TPSA) is 49.9 Å². The van der Waals surface area contributed by atoms with Gasteiger partial charge in [0.25, 0.3) is 0 Å². The van der Waals surface area contributed by atoms with Gasteiger partial charge in [0.15, 0.2) is 0 Å². The van der Waals surface area contributed by atoms with Crippen LogP contribution in [0.4, 0.5) is 4.39 Å². The molecule has 2 aliphatic rings. The van der Waals surface area contributed by atoms with Gasteiger partial charge in [-0.15, -0.1) is 0 Å². The molecule has 0 saturated carbocycles. The molecule has 2 heterocycles. The Labute approximate surface area is 143 Å². The van der Waals surface area contributed by atoms with Gasteiger partial charge < -0.3 is 9.64 Å². The summed E-state index contributed by atoms with van der Waals surface area (Å²) in [6.45, 7) is 3.18. The van der Waals surface area contributed by atoms with Crippen molar-refractivity contribution in [2.45, 2.75) is 17.7 Å². The average Bonchev–Trinajstić information content (AvgIpc) is 2.86. The molecule has 0 aromatic heterocycles. The van der Waals surface area contributed by atoms with Crippen LogP contribution in [0.5, 0.6) is 0 Å². The Morgan fingerprint density at radius 1 is 1.33 bits per heavy atom. The summed E-state index contributed by atoms with van der Waals surface area (Å²) in [5.74, 6) is -0.263. The Balaban J connectivity index is 1.89. The van der Waals surface area contributed by atoms with Crippen LogP contribution in [0.1, 0.15) is 12.8 Å². The monoisotopic (exact) mass is 356 g/mol. The van der Waals surface area contributed by atoms with E-state index < -0.39 is 15.8 Å². The third kappa shape index (κ3) is 3.35. The van der Waals surface area contributed by atoms with Gasteiger partial charge >= 0.3 is 0 Å². The molecule has 1 spiro atoms. The molecule has 1 unspecified atom stereocenters. The summed E-state index contributed by atoms with van der Waals surface area (Å²) in [6.07, 6.45) is 1.75. The summed E-state index contributed by atoms with van der Waals surface area (Å²) in [6, 6.07) is 5.28.